The molecule has 0 aliphatic carbocycles. The van der Waals surface area contributed by atoms with Gasteiger partial charge >= 0.3 is 0 Å². The van der Waals surface area contributed by atoms with E-state index in [0.29, 0.717) is 22.2 Å². The van der Waals surface area contributed by atoms with Crippen LogP contribution in [0.25, 0.3) is 11.3 Å². The molecule has 3 heterocycles. The molecule has 0 unspecified atom stereocenters. The molecule has 0 bridgehead atoms. The average molecular weight is 358 g/mol. The molecule has 1 aliphatic rings. The minimum atomic E-state index is -0.485. The van der Waals surface area contributed by atoms with Gasteiger partial charge in [-0.3, -0.25) is 18.7 Å². The number of nitrogens with zero attached hydrogens (tertiary/aromatic N) is 4. The summed E-state index contributed by atoms with van der Waals surface area (Å²) in [5.41, 5.74) is 1.39. The molecule has 1 aliphatic heterocycles. The number of nitriles is 1. The molecule has 3 rings (SSSR count). The highest BCUT2D eigenvalue weighted by Crippen LogP contribution is 2.29. The van der Waals surface area contributed by atoms with Crippen LogP contribution in [0.4, 0.5) is 4.39 Å². The molecule has 2 aromatic heterocycles. The largest absolute Gasteiger partial charge is 0.286 e. The summed E-state index contributed by atoms with van der Waals surface area (Å²) < 4.78 is 14.4. The molecule has 130 valence electrons. The molecular weight excluding hydrogens is 339 g/mol. The van der Waals surface area contributed by atoms with Crippen molar-refractivity contribution in [1.29, 1.82) is 5.26 Å². The first-order valence-corrected chi connectivity index (χ1v) is 9.04. The molecule has 0 spiro atoms. The second kappa shape index (κ2) is 6.60. The highest BCUT2D eigenvalue weighted by Gasteiger charge is 2.25. The summed E-state index contributed by atoms with van der Waals surface area (Å²) in [6.07, 6.45) is 1.65. The minimum absolute atomic E-state index is 0.0193. The molecule has 0 amide bonds. The van der Waals surface area contributed by atoms with Crippen molar-refractivity contribution < 1.29 is 4.39 Å². The van der Waals surface area contributed by atoms with E-state index in [-0.39, 0.29) is 23.4 Å². The van der Waals surface area contributed by atoms with Gasteiger partial charge in [0.15, 0.2) is 5.16 Å². The van der Waals surface area contributed by atoms with Gasteiger partial charge in [0.1, 0.15) is 11.6 Å². The first-order chi connectivity index (χ1) is 11.8. The van der Waals surface area contributed by atoms with Crippen LogP contribution in [-0.2, 0) is 12.0 Å². The van der Waals surface area contributed by atoms with Crippen LogP contribution >= 0.6 is 11.8 Å². The van der Waals surface area contributed by atoms with E-state index < -0.39 is 12.2 Å². The molecule has 7 heteroatoms. The molecule has 0 saturated heterocycles. The maximum absolute atomic E-state index is 12.9. The topological polar surface area (TPSA) is 71.6 Å². The lowest BCUT2D eigenvalue weighted by atomic mass is 9.91. The summed E-state index contributed by atoms with van der Waals surface area (Å²) in [7, 11) is 0. The third kappa shape index (κ3) is 3.31. The maximum atomic E-state index is 12.9. The van der Waals surface area contributed by atoms with Crippen LogP contribution < -0.4 is 5.56 Å². The molecule has 0 aromatic carbocycles. The number of hydrogen-bond acceptors (Lipinski definition) is 5. The molecule has 5 nitrogen and oxygen atoms in total. The molecule has 0 radical (unpaired) electrons. The van der Waals surface area contributed by atoms with Crippen molar-refractivity contribution in [2.45, 2.75) is 37.9 Å². The number of halogens is 1. The van der Waals surface area contributed by atoms with Crippen molar-refractivity contribution in [3.05, 3.63) is 39.9 Å². The Hall–Kier alpha value is -2.20. The zero-order chi connectivity index (χ0) is 18.2. The van der Waals surface area contributed by atoms with Gasteiger partial charge in [-0.05, 0) is 12.1 Å². The molecule has 2 aromatic rings. The van der Waals surface area contributed by atoms with E-state index in [1.165, 1.54) is 16.3 Å². The Labute approximate surface area is 149 Å². The number of fused-ring (bicyclic) bond motifs is 1. The van der Waals surface area contributed by atoms with Gasteiger partial charge < -0.3 is 0 Å². The third-order valence-electron chi connectivity index (χ3n) is 4.16. The van der Waals surface area contributed by atoms with Gasteiger partial charge in [-0.1, -0.05) is 32.5 Å². The van der Waals surface area contributed by atoms with Crippen molar-refractivity contribution in [2.75, 3.05) is 12.4 Å². The van der Waals surface area contributed by atoms with Gasteiger partial charge in [0.05, 0.1) is 12.4 Å². The Balaban J connectivity index is 2.10. The third-order valence-corrected chi connectivity index (χ3v) is 5.37. The van der Waals surface area contributed by atoms with Gasteiger partial charge in [-0.2, -0.15) is 5.26 Å². The fourth-order valence-electron chi connectivity index (χ4n) is 2.69. The zero-order valence-electron chi connectivity index (χ0n) is 14.4. The standard InChI is InChI=1S/C18H19FN4OS/c1-18(2,3)14-5-4-12(8-21-14)15-13(7-20)16(24)23-9-11(6-19)10-25-17(23)22-15/h4-5,8,11H,6,9-10H2,1-3H3/t11-/m0/s1. The predicted octanol–water partition coefficient (Wildman–Crippen LogP) is 3.17. The van der Waals surface area contributed by atoms with Gasteiger partial charge in [0.25, 0.3) is 5.56 Å². The summed E-state index contributed by atoms with van der Waals surface area (Å²) in [6.45, 7) is 5.98. The lowest BCUT2D eigenvalue weighted by molar-refractivity contribution is 0.330. The molecule has 0 fully saturated rings. The number of aromatic nitrogens is 3. The highest BCUT2D eigenvalue weighted by molar-refractivity contribution is 7.99. The monoisotopic (exact) mass is 358 g/mol. The molecule has 25 heavy (non-hydrogen) atoms. The van der Waals surface area contributed by atoms with Crippen LogP contribution in [0.3, 0.4) is 0 Å². The van der Waals surface area contributed by atoms with Crippen molar-refractivity contribution >= 4 is 11.8 Å². The van der Waals surface area contributed by atoms with Crippen LogP contribution in [0.1, 0.15) is 32.0 Å². The molecule has 0 N–H and O–H groups in total. The normalized spacial score (nSPS) is 17.0. The first kappa shape index (κ1) is 17.6. The van der Waals surface area contributed by atoms with Gasteiger partial charge in [-0.15, -0.1) is 0 Å². The Morgan fingerprint density at radius 1 is 1.44 bits per heavy atom. The van der Waals surface area contributed by atoms with Crippen LogP contribution in [0.2, 0.25) is 0 Å². The summed E-state index contributed by atoms with van der Waals surface area (Å²) in [5, 5.41) is 10.00. The Morgan fingerprint density at radius 2 is 2.20 bits per heavy atom. The average Bonchev–Trinajstić information content (AvgIpc) is 2.60. The van der Waals surface area contributed by atoms with E-state index in [2.05, 4.69) is 30.7 Å². The first-order valence-electron chi connectivity index (χ1n) is 8.05. The van der Waals surface area contributed by atoms with Crippen molar-refractivity contribution in [1.82, 2.24) is 14.5 Å². The van der Waals surface area contributed by atoms with E-state index in [4.69, 9.17) is 0 Å². The second-order valence-electron chi connectivity index (χ2n) is 7.16. The van der Waals surface area contributed by atoms with Crippen LogP contribution in [0.5, 0.6) is 0 Å². The lowest BCUT2D eigenvalue weighted by Gasteiger charge is -2.23. The maximum Gasteiger partial charge on any atom is 0.272 e. The fourth-order valence-corrected chi connectivity index (χ4v) is 3.74. The number of alkyl halides is 1. The summed E-state index contributed by atoms with van der Waals surface area (Å²) >= 11 is 1.35. The van der Waals surface area contributed by atoms with Crippen LogP contribution in [0.15, 0.2) is 28.3 Å². The van der Waals surface area contributed by atoms with Gasteiger partial charge in [-0.25, -0.2) is 4.98 Å². The Bertz CT molecular complexity index is 894. The van der Waals surface area contributed by atoms with Gasteiger partial charge in [0, 0.05) is 41.1 Å². The zero-order valence-corrected chi connectivity index (χ0v) is 15.2. The number of pyridine rings is 1. The summed E-state index contributed by atoms with van der Waals surface area (Å²) in [4.78, 5) is 21.6. The molecule has 0 saturated carbocycles. The van der Waals surface area contributed by atoms with Crippen LogP contribution in [0, 0.1) is 17.2 Å². The van der Waals surface area contributed by atoms with Crippen molar-refractivity contribution in [2.24, 2.45) is 5.92 Å². The smallest absolute Gasteiger partial charge is 0.272 e. The minimum Gasteiger partial charge on any atom is -0.286 e. The molecule has 1 atom stereocenters. The molecular formula is C18H19FN4OS. The SMILES string of the molecule is CC(C)(C)c1ccc(-c2nc3n(c(=O)c2C#N)C[C@H](CF)CS3)cn1. The fraction of sp³-hybridized carbons (Fsp3) is 0.444. The van der Waals surface area contributed by atoms with E-state index >= 15 is 0 Å². The van der Waals surface area contributed by atoms with E-state index in [1.54, 1.807) is 6.20 Å². The Kier molecular flexibility index (Phi) is 4.65. The van der Waals surface area contributed by atoms with Gasteiger partial charge in [0.2, 0.25) is 0 Å². The number of rotatable bonds is 2. The quantitative estimate of drug-likeness (QED) is 0.771. The predicted molar refractivity (Wildman–Crippen MR) is 95.3 cm³/mol. The summed E-state index contributed by atoms with van der Waals surface area (Å²) in [6, 6.07) is 5.69. The Morgan fingerprint density at radius 3 is 2.76 bits per heavy atom. The second-order valence-corrected chi connectivity index (χ2v) is 8.15. The number of hydrogen-bond donors (Lipinski definition) is 0. The number of thioether (sulfide) groups is 1. The van der Waals surface area contributed by atoms with Crippen molar-refractivity contribution in [3.8, 4) is 17.3 Å². The van der Waals surface area contributed by atoms with E-state index in [9.17, 15) is 14.4 Å². The van der Waals surface area contributed by atoms with Crippen LogP contribution in [-0.4, -0.2) is 27.0 Å². The van der Waals surface area contributed by atoms with E-state index in [1.807, 2.05) is 18.2 Å². The van der Waals surface area contributed by atoms with Crippen molar-refractivity contribution in [3.63, 3.8) is 0 Å². The highest BCUT2D eigenvalue weighted by atomic mass is 32.2. The lowest BCUT2D eigenvalue weighted by Crippen LogP contribution is -2.33. The summed E-state index contributed by atoms with van der Waals surface area (Å²) in [5.74, 6) is 0.359. The van der Waals surface area contributed by atoms with E-state index in [0.717, 1.165) is 5.69 Å².